The molecule has 200 valence electrons. The van der Waals surface area contributed by atoms with Crippen LogP contribution in [0.2, 0.25) is 0 Å². The van der Waals surface area contributed by atoms with Crippen LogP contribution in [0.5, 0.6) is 11.5 Å². The SMILES string of the molecule is CCC(C)COc1ccc(C2(c3ccc(OCC(C)CC)cc3)c3ccc[c-]c3-c3ncccc32)cc1.[Pt]. The third-order valence-corrected chi connectivity index (χ3v) is 7.75. The van der Waals surface area contributed by atoms with Crippen LogP contribution in [0, 0.1) is 17.9 Å². The van der Waals surface area contributed by atoms with Gasteiger partial charge in [0.2, 0.25) is 0 Å². The first-order valence-corrected chi connectivity index (χ1v) is 13.5. The summed E-state index contributed by atoms with van der Waals surface area (Å²) in [7, 11) is 0. The smallest absolute Gasteiger partial charge is 0.119 e. The molecule has 0 N–H and O–H groups in total. The molecule has 0 fully saturated rings. The molecule has 0 saturated heterocycles. The van der Waals surface area contributed by atoms with E-state index in [4.69, 9.17) is 14.5 Å². The van der Waals surface area contributed by atoms with Crippen molar-refractivity contribution in [1.29, 1.82) is 0 Å². The molecule has 0 saturated carbocycles. The normalized spacial score (nSPS) is 17.1. The van der Waals surface area contributed by atoms with Crippen molar-refractivity contribution in [1.82, 2.24) is 4.98 Å². The fourth-order valence-corrected chi connectivity index (χ4v) is 5.10. The van der Waals surface area contributed by atoms with E-state index in [0.717, 1.165) is 48.8 Å². The molecule has 38 heavy (non-hydrogen) atoms. The van der Waals surface area contributed by atoms with Crippen molar-refractivity contribution in [2.45, 2.75) is 46.0 Å². The number of ether oxygens (including phenoxy) is 2. The van der Waals surface area contributed by atoms with Gasteiger partial charge < -0.3 is 14.5 Å². The Hall–Kier alpha value is -2.90. The van der Waals surface area contributed by atoms with Gasteiger partial charge in [-0.15, -0.1) is 35.4 Å². The summed E-state index contributed by atoms with van der Waals surface area (Å²) >= 11 is 0. The summed E-state index contributed by atoms with van der Waals surface area (Å²) in [6.07, 6.45) is 4.09. The molecule has 4 aromatic rings. The van der Waals surface area contributed by atoms with Gasteiger partial charge in [0.05, 0.1) is 13.2 Å². The van der Waals surface area contributed by atoms with Gasteiger partial charge in [-0.1, -0.05) is 76.4 Å². The zero-order valence-electron chi connectivity index (χ0n) is 22.6. The van der Waals surface area contributed by atoms with Gasteiger partial charge in [-0.2, -0.15) is 0 Å². The Balaban J connectivity index is 0.00000336. The second-order valence-electron chi connectivity index (χ2n) is 10.3. The Labute approximate surface area is 241 Å². The maximum Gasteiger partial charge on any atom is 0.119 e. The van der Waals surface area contributed by atoms with E-state index >= 15 is 0 Å². The van der Waals surface area contributed by atoms with Gasteiger partial charge in [0.1, 0.15) is 11.5 Å². The van der Waals surface area contributed by atoms with Crippen LogP contribution in [-0.4, -0.2) is 18.2 Å². The predicted octanol–water partition coefficient (Wildman–Crippen LogP) is 8.09. The molecule has 0 bridgehead atoms. The molecule has 2 unspecified atom stereocenters. The van der Waals surface area contributed by atoms with Crippen molar-refractivity contribution in [3.63, 3.8) is 0 Å². The Morgan fingerprint density at radius 1 is 0.737 bits per heavy atom. The van der Waals surface area contributed by atoms with Crippen molar-refractivity contribution in [3.8, 4) is 22.8 Å². The average Bonchev–Trinajstić information content (AvgIpc) is 3.26. The quantitative estimate of drug-likeness (QED) is 0.139. The first-order valence-electron chi connectivity index (χ1n) is 13.5. The number of pyridine rings is 1. The van der Waals surface area contributed by atoms with E-state index in [0.29, 0.717) is 11.8 Å². The maximum absolute atomic E-state index is 6.09. The number of hydrogen-bond acceptors (Lipinski definition) is 3. The van der Waals surface area contributed by atoms with Crippen LogP contribution >= 0.6 is 0 Å². The van der Waals surface area contributed by atoms with Crippen LogP contribution in [0.3, 0.4) is 0 Å². The van der Waals surface area contributed by atoms with Gasteiger partial charge in [-0.05, 0) is 59.0 Å². The third-order valence-electron chi connectivity index (χ3n) is 7.75. The van der Waals surface area contributed by atoms with Gasteiger partial charge in [-0.25, -0.2) is 0 Å². The summed E-state index contributed by atoms with van der Waals surface area (Å²) < 4.78 is 12.2. The molecule has 0 spiro atoms. The van der Waals surface area contributed by atoms with E-state index in [9.17, 15) is 0 Å². The van der Waals surface area contributed by atoms with Crippen LogP contribution in [0.4, 0.5) is 0 Å². The molecule has 1 aromatic heterocycles. The maximum atomic E-state index is 6.09. The van der Waals surface area contributed by atoms with Gasteiger partial charge in [0, 0.05) is 32.7 Å². The summed E-state index contributed by atoms with van der Waals surface area (Å²) in [5, 5.41) is 0. The monoisotopic (exact) mass is 685 g/mol. The molecule has 4 heteroatoms. The first kappa shape index (κ1) is 28.1. The molecule has 1 aliphatic rings. The fourth-order valence-electron chi connectivity index (χ4n) is 5.10. The zero-order valence-corrected chi connectivity index (χ0v) is 24.9. The zero-order chi connectivity index (χ0) is 25.8. The topological polar surface area (TPSA) is 31.4 Å². The van der Waals surface area contributed by atoms with Crippen LogP contribution in [-0.2, 0) is 26.5 Å². The number of benzene rings is 3. The van der Waals surface area contributed by atoms with Gasteiger partial charge >= 0.3 is 0 Å². The fraction of sp³-hybridized carbons (Fsp3) is 0.324. The molecule has 3 aromatic carbocycles. The predicted molar refractivity (Wildman–Crippen MR) is 150 cm³/mol. The van der Waals surface area contributed by atoms with Crippen LogP contribution in [0.25, 0.3) is 11.3 Å². The molecule has 2 atom stereocenters. The van der Waals surface area contributed by atoms with Gasteiger partial charge in [-0.3, -0.25) is 0 Å². The second kappa shape index (κ2) is 12.3. The summed E-state index contributed by atoms with van der Waals surface area (Å²) in [4.78, 5) is 4.82. The number of nitrogens with zero attached hydrogens (tertiary/aromatic N) is 1. The first-order chi connectivity index (χ1) is 18.1. The van der Waals surface area contributed by atoms with E-state index < -0.39 is 5.41 Å². The number of rotatable bonds is 10. The third kappa shape index (κ3) is 5.18. The van der Waals surface area contributed by atoms with Crippen LogP contribution in [0.15, 0.2) is 85.1 Å². The summed E-state index contributed by atoms with van der Waals surface area (Å²) in [6, 6.07) is 31.2. The molecule has 1 aliphatic carbocycles. The Bertz CT molecular complexity index is 1230. The largest absolute Gasteiger partial charge is 0.493 e. The summed E-state index contributed by atoms with van der Waals surface area (Å²) in [5.74, 6) is 2.86. The Morgan fingerprint density at radius 2 is 1.26 bits per heavy atom. The van der Waals surface area contributed by atoms with Crippen LogP contribution < -0.4 is 9.47 Å². The van der Waals surface area contributed by atoms with Crippen LogP contribution in [0.1, 0.15) is 62.8 Å². The molecular formula is C34H36NO2Pt-. The van der Waals surface area contributed by atoms with E-state index in [1.807, 2.05) is 18.3 Å². The number of fused-ring (bicyclic) bond motifs is 3. The van der Waals surface area contributed by atoms with Crippen molar-refractivity contribution in [2.75, 3.05) is 13.2 Å². The molecule has 1 heterocycles. The Morgan fingerprint density at radius 3 is 1.79 bits per heavy atom. The average molecular weight is 686 g/mol. The van der Waals surface area contributed by atoms with Gasteiger partial charge in [0.25, 0.3) is 0 Å². The van der Waals surface area contributed by atoms with Crippen molar-refractivity contribution < 1.29 is 30.5 Å². The molecule has 0 radical (unpaired) electrons. The molecule has 5 rings (SSSR count). The second-order valence-corrected chi connectivity index (χ2v) is 10.3. The van der Waals surface area contributed by atoms with E-state index in [1.165, 1.54) is 22.3 Å². The standard InChI is InChI=1S/C34H36NO2.Pt/c1-5-24(3)22-36-28-17-13-26(14-18-28)34(27-15-19-29(20-16-27)37-23-25(4)6-2)31-11-8-7-10-30(31)33-32(34)12-9-21-35-33;/h7-9,11-21,24-25H,5-6,22-23H2,1-4H3;/q-1;. The van der Waals surface area contributed by atoms with E-state index in [1.54, 1.807) is 0 Å². The molecule has 3 nitrogen and oxygen atoms in total. The molecule has 0 amide bonds. The minimum absolute atomic E-state index is 0. The van der Waals surface area contributed by atoms with E-state index in [2.05, 4.69) is 100 Å². The minimum atomic E-state index is -0.499. The van der Waals surface area contributed by atoms with Crippen molar-refractivity contribution in [2.24, 2.45) is 11.8 Å². The summed E-state index contributed by atoms with van der Waals surface area (Å²) in [6.45, 7) is 10.3. The minimum Gasteiger partial charge on any atom is -0.493 e. The molecule has 0 aliphatic heterocycles. The van der Waals surface area contributed by atoms with Crippen molar-refractivity contribution >= 4 is 0 Å². The summed E-state index contributed by atoms with van der Waals surface area (Å²) in [5.41, 5.74) is 6.30. The van der Waals surface area contributed by atoms with Gasteiger partial charge in [0.15, 0.2) is 0 Å². The Kier molecular flexibility index (Phi) is 9.10. The molecular weight excluding hydrogens is 649 g/mol. The van der Waals surface area contributed by atoms with Crippen molar-refractivity contribution in [3.05, 3.63) is 113 Å². The van der Waals surface area contributed by atoms with E-state index in [-0.39, 0.29) is 21.1 Å². The number of hydrogen-bond donors (Lipinski definition) is 0. The number of aromatic nitrogens is 1.